The van der Waals surface area contributed by atoms with E-state index >= 15 is 0 Å². The van der Waals surface area contributed by atoms with E-state index in [-0.39, 0.29) is 6.10 Å². The Morgan fingerprint density at radius 1 is 1.56 bits per heavy atom. The summed E-state index contributed by atoms with van der Waals surface area (Å²) in [6.45, 7) is 5.15. The molecular formula is C13H20N2O. The van der Waals surface area contributed by atoms with E-state index in [2.05, 4.69) is 42.7 Å². The van der Waals surface area contributed by atoms with Gasteiger partial charge in [0.2, 0.25) is 0 Å². The molecule has 0 radical (unpaired) electrons. The number of hydrogen-bond acceptors (Lipinski definition) is 3. The molecule has 0 aliphatic carbocycles. The number of fused-ring (bicyclic) bond motifs is 1. The summed E-state index contributed by atoms with van der Waals surface area (Å²) in [5.41, 5.74) is 2.46. The minimum absolute atomic E-state index is 0.259. The average Bonchev–Trinajstić information content (AvgIpc) is 2.29. The van der Waals surface area contributed by atoms with Gasteiger partial charge in [-0.25, -0.2) is 0 Å². The van der Waals surface area contributed by atoms with Crippen molar-refractivity contribution in [3.05, 3.63) is 23.8 Å². The van der Waals surface area contributed by atoms with Crippen molar-refractivity contribution in [3.8, 4) is 5.75 Å². The summed E-state index contributed by atoms with van der Waals surface area (Å²) in [7, 11) is 1.99. The van der Waals surface area contributed by atoms with Crippen LogP contribution in [0.5, 0.6) is 5.75 Å². The van der Waals surface area contributed by atoms with Crippen molar-refractivity contribution >= 4 is 5.69 Å². The summed E-state index contributed by atoms with van der Waals surface area (Å²) in [4.78, 5) is 0. The highest BCUT2D eigenvalue weighted by Crippen LogP contribution is 2.30. The van der Waals surface area contributed by atoms with Gasteiger partial charge in [0, 0.05) is 6.04 Å². The molecule has 0 aromatic heterocycles. The van der Waals surface area contributed by atoms with Gasteiger partial charge < -0.3 is 15.4 Å². The fraction of sp³-hybridized carbons (Fsp3) is 0.538. The van der Waals surface area contributed by atoms with E-state index in [0.717, 1.165) is 24.4 Å². The van der Waals surface area contributed by atoms with Crippen LogP contribution in [0.2, 0.25) is 0 Å². The monoisotopic (exact) mass is 220 g/mol. The smallest absolute Gasteiger partial charge is 0.142 e. The molecule has 2 N–H and O–H groups in total. The number of ether oxygens (including phenoxy) is 1. The van der Waals surface area contributed by atoms with Gasteiger partial charge in [0.25, 0.3) is 0 Å². The Balaban J connectivity index is 2.13. The van der Waals surface area contributed by atoms with Crippen LogP contribution in [0.15, 0.2) is 18.2 Å². The topological polar surface area (TPSA) is 33.3 Å². The fourth-order valence-electron chi connectivity index (χ4n) is 1.91. The van der Waals surface area contributed by atoms with Crippen molar-refractivity contribution in [1.82, 2.24) is 5.32 Å². The molecule has 0 saturated heterocycles. The molecule has 2 unspecified atom stereocenters. The summed E-state index contributed by atoms with van der Waals surface area (Å²) in [6, 6.07) is 6.90. The number of benzene rings is 1. The first-order valence-corrected chi connectivity index (χ1v) is 5.89. The molecule has 1 heterocycles. The van der Waals surface area contributed by atoms with Gasteiger partial charge in [-0.05, 0) is 45.0 Å². The van der Waals surface area contributed by atoms with Gasteiger partial charge in [0.1, 0.15) is 11.9 Å². The highest BCUT2D eigenvalue weighted by Gasteiger charge is 2.15. The standard InChI is InChI=1S/C13H20N2O/c1-9(14-3)6-11-4-5-13-12(7-11)15-8-10(2)16-13/h4-5,7,9-10,14-15H,6,8H2,1-3H3. The summed E-state index contributed by atoms with van der Waals surface area (Å²) in [5.74, 6) is 0.972. The molecule has 1 aromatic carbocycles. The lowest BCUT2D eigenvalue weighted by molar-refractivity contribution is 0.226. The normalized spacial score (nSPS) is 20.6. The summed E-state index contributed by atoms with van der Waals surface area (Å²) in [5, 5.41) is 6.65. The second-order valence-electron chi connectivity index (χ2n) is 4.53. The first-order chi connectivity index (χ1) is 7.69. The Bertz CT molecular complexity index is 365. The molecule has 3 heteroatoms. The van der Waals surface area contributed by atoms with Crippen LogP contribution in [0.3, 0.4) is 0 Å². The summed E-state index contributed by atoms with van der Waals surface area (Å²) in [6.07, 6.45) is 1.30. The SMILES string of the molecule is CNC(C)Cc1ccc2c(c1)NCC(C)O2. The van der Waals surface area contributed by atoms with Crippen LogP contribution < -0.4 is 15.4 Å². The molecule has 0 bridgehead atoms. The Morgan fingerprint density at radius 2 is 2.38 bits per heavy atom. The molecular weight excluding hydrogens is 200 g/mol. The molecule has 1 aliphatic heterocycles. The fourth-order valence-corrected chi connectivity index (χ4v) is 1.91. The van der Waals surface area contributed by atoms with Crippen LogP contribution in [0.25, 0.3) is 0 Å². The third-order valence-electron chi connectivity index (χ3n) is 2.99. The van der Waals surface area contributed by atoms with Crippen LogP contribution >= 0.6 is 0 Å². The van der Waals surface area contributed by atoms with Crippen molar-refractivity contribution in [2.24, 2.45) is 0 Å². The van der Waals surface area contributed by atoms with Gasteiger partial charge in [0.15, 0.2) is 0 Å². The predicted molar refractivity (Wildman–Crippen MR) is 67.2 cm³/mol. The van der Waals surface area contributed by atoms with Gasteiger partial charge in [-0.1, -0.05) is 6.07 Å². The van der Waals surface area contributed by atoms with Crippen molar-refractivity contribution < 1.29 is 4.74 Å². The lowest BCUT2D eigenvalue weighted by Crippen LogP contribution is -2.28. The van der Waals surface area contributed by atoms with Crippen LogP contribution in [0, 0.1) is 0 Å². The summed E-state index contributed by atoms with van der Waals surface area (Å²) >= 11 is 0. The first kappa shape index (κ1) is 11.3. The van der Waals surface area contributed by atoms with Crippen LogP contribution in [-0.2, 0) is 6.42 Å². The van der Waals surface area contributed by atoms with Crippen molar-refractivity contribution in [3.63, 3.8) is 0 Å². The van der Waals surface area contributed by atoms with Gasteiger partial charge in [-0.3, -0.25) is 0 Å². The number of hydrogen-bond donors (Lipinski definition) is 2. The number of rotatable bonds is 3. The number of anilines is 1. The largest absolute Gasteiger partial charge is 0.487 e. The Morgan fingerprint density at radius 3 is 3.12 bits per heavy atom. The lowest BCUT2D eigenvalue weighted by Gasteiger charge is -2.25. The minimum atomic E-state index is 0.259. The second-order valence-corrected chi connectivity index (χ2v) is 4.53. The average molecular weight is 220 g/mol. The molecule has 0 fully saturated rings. The molecule has 0 amide bonds. The number of nitrogens with one attached hydrogen (secondary N) is 2. The van der Waals surface area contributed by atoms with Crippen LogP contribution in [0.1, 0.15) is 19.4 Å². The molecule has 0 saturated carbocycles. The zero-order valence-corrected chi connectivity index (χ0v) is 10.2. The molecule has 1 aliphatic rings. The third kappa shape index (κ3) is 2.47. The predicted octanol–water partition coefficient (Wildman–Crippen LogP) is 2.03. The van der Waals surface area contributed by atoms with Crippen LogP contribution in [-0.4, -0.2) is 25.7 Å². The maximum absolute atomic E-state index is 5.74. The van der Waals surface area contributed by atoms with Crippen molar-refractivity contribution in [1.29, 1.82) is 0 Å². The van der Waals surface area contributed by atoms with E-state index in [9.17, 15) is 0 Å². The second kappa shape index (κ2) is 4.74. The summed E-state index contributed by atoms with van der Waals surface area (Å²) < 4.78 is 5.74. The van der Waals surface area contributed by atoms with E-state index in [0.29, 0.717) is 6.04 Å². The lowest BCUT2D eigenvalue weighted by atomic mass is 10.1. The highest BCUT2D eigenvalue weighted by atomic mass is 16.5. The minimum Gasteiger partial charge on any atom is -0.487 e. The Hall–Kier alpha value is -1.22. The molecule has 2 rings (SSSR count). The van der Waals surface area contributed by atoms with Crippen molar-refractivity contribution in [2.45, 2.75) is 32.4 Å². The van der Waals surface area contributed by atoms with Crippen LogP contribution in [0.4, 0.5) is 5.69 Å². The van der Waals surface area contributed by atoms with Crippen molar-refractivity contribution in [2.75, 3.05) is 18.9 Å². The maximum Gasteiger partial charge on any atom is 0.142 e. The molecule has 1 aromatic rings. The zero-order chi connectivity index (χ0) is 11.5. The van der Waals surface area contributed by atoms with Gasteiger partial charge >= 0.3 is 0 Å². The zero-order valence-electron chi connectivity index (χ0n) is 10.2. The first-order valence-electron chi connectivity index (χ1n) is 5.89. The van der Waals surface area contributed by atoms with Gasteiger partial charge in [-0.2, -0.15) is 0 Å². The Kier molecular flexibility index (Phi) is 3.34. The quantitative estimate of drug-likeness (QED) is 0.817. The van der Waals surface area contributed by atoms with E-state index in [1.54, 1.807) is 0 Å². The third-order valence-corrected chi connectivity index (χ3v) is 2.99. The maximum atomic E-state index is 5.74. The molecule has 88 valence electrons. The van der Waals surface area contributed by atoms with E-state index in [4.69, 9.17) is 4.74 Å². The van der Waals surface area contributed by atoms with E-state index < -0.39 is 0 Å². The number of likely N-dealkylation sites (N-methyl/N-ethyl adjacent to an activating group) is 1. The molecule has 0 spiro atoms. The highest BCUT2D eigenvalue weighted by molar-refractivity contribution is 5.59. The molecule has 2 atom stereocenters. The molecule has 3 nitrogen and oxygen atoms in total. The van der Waals surface area contributed by atoms with Gasteiger partial charge in [0.05, 0.1) is 12.2 Å². The Labute approximate surface area is 97.2 Å². The van der Waals surface area contributed by atoms with E-state index in [1.165, 1.54) is 5.56 Å². The molecule has 16 heavy (non-hydrogen) atoms. The van der Waals surface area contributed by atoms with E-state index in [1.807, 2.05) is 7.05 Å². The van der Waals surface area contributed by atoms with Gasteiger partial charge in [-0.15, -0.1) is 0 Å².